The van der Waals surface area contributed by atoms with Gasteiger partial charge in [-0.2, -0.15) is 0 Å². The number of aliphatic hydroxyl groups is 1. The van der Waals surface area contributed by atoms with Crippen molar-refractivity contribution in [3.8, 4) is 0 Å². The molecule has 3 atom stereocenters. The van der Waals surface area contributed by atoms with Crippen LogP contribution in [0.3, 0.4) is 0 Å². The highest BCUT2D eigenvalue weighted by Crippen LogP contribution is 2.23. The van der Waals surface area contributed by atoms with Crippen molar-refractivity contribution in [2.45, 2.75) is 78.0 Å². The zero-order chi connectivity index (χ0) is 14.5. The maximum absolute atomic E-state index is 11.9. The zero-order valence-corrected chi connectivity index (χ0v) is 12.7. The average molecular weight is 271 g/mol. The Labute approximate surface area is 116 Å². The van der Waals surface area contributed by atoms with Crippen LogP contribution in [-0.2, 0) is 9.53 Å². The van der Waals surface area contributed by atoms with Gasteiger partial charge in [0.1, 0.15) is 0 Å². The van der Waals surface area contributed by atoms with E-state index in [1.165, 1.54) is 0 Å². The van der Waals surface area contributed by atoms with Gasteiger partial charge in [-0.15, -0.1) is 0 Å². The molecule has 4 heteroatoms. The summed E-state index contributed by atoms with van der Waals surface area (Å²) in [7, 11) is 0. The van der Waals surface area contributed by atoms with E-state index in [-0.39, 0.29) is 30.1 Å². The summed E-state index contributed by atoms with van der Waals surface area (Å²) >= 11 is 0. The van der Waals surface area contributed by atoms with Gasteiger partial charge < -0.3 is 15.2 Å². The molecule has 1 rings (SSSR count). The summed E-state index contributed by atoms with van der Waals surface area (Å²) in [5.41, 5.74) is 0.102. The average Bonchev–Trinajstić information content (AvgIpc) is 2.70. The highest BCUT2D eigenvalue weighted by Gasteiger charge is 2.23. The van der Waals surface area contributed by atoms with Crippen molar-refractivity contribution in [2.24, 2.45) is 5.41 Å². The first-order chi connectivity index (χ1) is 8.80. The van der Waals surface area contributed by atoms with Crippen molar-refractivity contribution in [3.63, 3.8) is 0 Å². The van der Waals surface area contributed by atoms with Crippen molar-refractivity contribution in [1.29, 1.82) is 0 Å². The Morgan fingerprint density at radius 1 is 1.42 bits per heavy atom. The van der Waals surface area contributed by atoms with Crippen LogP contribution in [0, 0.1) is 5.41 Å². The first kappa shape index (κ1) is 16.4. The number of ether oxygens (including phenoxy) is 1. The minimum absolute atomic E-state index is 0.0000271. The fourth-order valence-corrected chi connectivity index (χ4v) is 2.59. The Morgan fingerprint density at radius 2 is 2.11 bits per heavy atom. The summed E-state index contributed by atoms with van der Waals surface area (Å²) in [5, 5.41) is 12.2. The molecule has 112 valence electrons. The number of aliphatic hydroxyl groups excluding tert-OH is 1. The second-order valence-electron chi connectivity index (χ2n) is 6.90. The summed E-state index contributed by atoms with van der Waals surface area (Å²) in [6.45, 7) is 8.39. The molecule has 0 bridgehead atoms. The van der Waals surface area contributed by atoms with Gasteiger partial charge in [-0.3, -0.25) is 4.79 Å². The van der Waals surface area contributed by atoms with Gasteiger partial charge in [0.05, 0.1) is 24.9 Å². The molecule has 19 heavy (non-hydrogen) atoms. The number of hydrogen-bond donors (Lipinski definition) is 2. The maximum Gasteiger partial charge on any atom is 0.220 e. The van der Waals surface area contributed by atoms with E-state index < -0.39 is 0 Å². The molecule has 1 fully saturated rings. The highest BCUT2D eigenvalue weighted by atomic mass is 16.5. The molecule has 0 aromatic carbocycles. The van der Waals surface area contributed by atoms with Crippen molar-refractivity contribution in [2.75, 3.05) is 6.61 Å². The number of carbonyl (C=O) groups is 1. The van der Waals surface area contributed by atoms with E-state index in [1.807, 2.05) is 0 Å². The molecular weight excluding hydrogens is 242 g/mol. The van der Waals surface area contributed by atoms with Crippen LogP contribution in [-0.4, -0.2) is 35.9 Å². The molecular formula is C15H29NO3. The summed E-state index contributed by atoms with van der Waals surface area (Å²) in [5.74, 6) is 0.0199. The molecule has 2 N–H and O–H groups in total. The first-order valence-electron chi connectivity index (χ1n) is 7.36. The van der Waals surface area contributed by atoms with Crippen molar-refractivity contribution in [3.05, 3.63) is 0 Å². The van der Waals surface area contributed by atoms with Gasteiger partial charge >= 0.3 is 0 Å². The van der Waals surface area contributed by atoms with Gasteiger partial charge in [0, 0.05) is 6.42 Å². The molecule has 0 radical (unpaired) electrons. The van der Waals surface area contributed by atoms with Gasteiger partial charge in [0.2, 0.25) is 5.91 Å². The lowest BCUT2D eigenvalue weighted by molar-refractivity contribution is -0.123. The van der Waals surface area contributed by atoms with Gasteiger partial charge in [0.15, 0.2) is 0 Å². The maximum atomic E-state index is 11.9. The third-order valence-corrected chi connectivity index (χ3v) is 3.46. The molecule has 0 aromatic heterocycles. The fourth-order valence-electron chi connectivity index (χ4n) is 2.59. The number of hydrogen-bond acceptors (Lipinski definition) is 3. The molecule has 1 saturated heterocycles. The fraction of sp³-hybridized carbons (Fsp3) is 0.933. The zero-order valence-electron chi connectivity index (χ0n) is 12.7. The third kappa shape index (κ3) is 6.92. The molecule has 0 spiro atoms. The minimum atomic E-state index is -0.143. The van der Waals surface area contributed by atoms with E-state index in [4.69, 9.17) is 4.74 Å². The minimum Gasteiger partial charge on any atom is -0.394 e. The second kappa shape index (κ2) is 7.25. The van der Waals surface area contributed by atoms with Crippen LogP contribution in [0.15, 0.2) is 0 Å². The Hall–Kier alpha value is -0.610. The van der Waals surface area contributed by atoms with Crippen molar-refractivity contribution in [1.82, 2.24) is 5.32 Å². The van der Waals surface area contributed by atoms with Gasteiger partial charge in [-0.1, -0.05) is 20.8 Å². The van der Waals surface area contributed by atoms with Gasteiger partial charge in [0.25, 0.3) is 0 Å². The number of rotatable bonds is 6. The van der Waals surface area contributed by atoms with Crippen LogP contribution in [0.5, 0.6) is 0 Å². The normalized spacial score (nSPS) is 25.3. The van der Waals surface area contributed by atoms with E-state index in [2.05, 4.69) is 33.0 Å². The standard InChI is InChI=1S/C15H29NO3/c1-11-5-6-13(19-11)7-8-14(18)16-12(10-17)9-15(2,3)4/h11-13,17H,5-10H2,1-4H3,(H,16,18). The highest BCUT2D eigenvalue weighted by molar-refractivity contribution is 5.76. The molecule has 1 aliphatic heterocycles. The topological polar surface area (TPSA) is 58.6 Å². The first-order valence-corrected chi connectivity index (χ1v) is 7.36. The molecule has 3 unspecified atom stereocenters. The molecule has 1 amide bonds. The summed E-state index contributed by atoms with van der Waals surface area (Å²) < 4.78 is 5.69. The molecule has 1 heterocycles. The Kier molecular flexibility index (Phi) is 6.27. The predicted octanol–water partition coefficient (Wildman–Crippen LogP) is 2.25. The van der Waals surface area contributed by atoms with Crippen LogP contribution >= 0.6 is 0 Å². The summed E-state index contributed by atoms with van der Waals surface area (Å²) in [4.78, 5) is 11.9. The lowest BCUT2D eigenvalue weighted by Crippen LogP contribution is -2.40. The van der Waals surface area contributed by atoms with Crippen LogP contribution in [0.2, 0.25) is 0 Å². The van der Waals surface area contributed by atoms with Crippen molar-refractivity contribution < 1.29 is 14.6 Å². The molecule has 0 aromatic rings. The van der Waals surface area contributed by atoms with E-state index in [1.54, 1.807) is 0 Å². The monoisotopic (exact) mass is 271 g/mol. The summed E-state index contributed by atoms with van der Waals surface area (Å²) in [6.07, 6.45) is 4.76. The lowest BCUT2D eigenvalue weighted by Gasteiger charge is -2.25. The van der Waals surface area contributed by atoms with Crippen LogP contribution in [0.1, 0.15) is 59.8 Å². The lowest BCUT2D eigenvalue weighted by atomic mass is 9.88. The van der Waals surface area contributed by atoms with Crippen LogP contribution in [0.4, 0.5) is 0 Å². The Bertz CT molecular complexity index is 286. The third-order valence-electron chi connectivity index (χ3n) is 3.46. The van der Waals surface area contributed by atoms with E-state index in [0.29, 0.717) is 12.5 Å². The quantitative estimate of drug-likeness (QED) is 0.779. The van der Waals surface area contributed by atoms with Crippen molar-refractivity contribution >= 4 is 5.91 Å². The number of carbonyl (C=O) groups excluding carboxylic acids is 1. The Balaban J connectivity index is 2.25. The molecule has 0 saturated carbocycles. The van der Waals surface area contributed by atoms with Crippen LogP contribution in [0.25, 0.3) is 0 Å². The summed E-state index contributed by atoms with van der Waals surface area (Å²) in [6, 6.07) is -0.143. The number of nitrogens with one attached hydrogen (secondary N) is 1. The van der Waals surface area contributed by atoms with Crippen LogP contribution < -0.4 is 5.32 Å². The van der Waals surface area contributed by atoms with E-state index in [0.717, 1.165) is 25.7 Å². The second-order valence-corrected chi connectivity index (χ2v) is 6.90. The largest absolute Gasteiger partial charge is 0.394 e. The van der Waals surface area contributed by atoms with Gasteiger partial charge in [-0.05, 0) is 38.0 Å². The van der Waals surface area contributed by atoms with E-state index in [9.17, 15) is 9.90 Å². The molecule has 0 aliphatic carbocycles. The smallest absolute Gasteiger partial charge is 0.220 e. The van der Waals surface area contributed by atoms with E-state index >= 15 is 0 Å². The number of amides is 1. The predicted molar refractivity (Wildman–Crippen MR) is 75.9 cm³/mol. The van der Waals surface area contributed by atoms with Gasteiger partial charge in [-0.25, -0.2) is 0 Å². The Morgan fingerprint density at radius 3 is 2.58 bits per heavy atom. The SMILES string of the molecule is CC1CCC(CCC(=O)NC(CO)CC(C)(C)C)O1. The molecule has 1 aliphatic rings. The molecule has 4 nitrogen and oxygen atoms in total.